The molecule has 0 bridgehead atoms. The molecule has 0 saturated heterocycles. The average molecular weight is 328 g/mol. The summed E-state index contributed by atoms with van der Waals surface area (Å²) in [5, 5.41) is 7.48. The number of hydrogen-bond donors (Lipinski definition) is 2. The lowest BCUT2D eigenvalue weighted by atomic mass is 10.1. The fraction of sp³-hybridized carbons (Fsp3) is 0.500. The zero-order chi connectivity index (χ0) is 14.4. The molecule has 0 radical (unpaired) electrons. The van der Waals surface area contributed by atoms with E-state index in [1.807, 2.05) is 19.1 Å². The van der Waals surface area contributed by atoms with Crippen LogP contribution in [-0.4, -0.2) is 30.9 Å². The van der Waals surface area contributed by atoms with Gasteiger partial charge in [0.05, 0.1) is 12.9 Å². The fourth-order valence-electron chi connectivity index (χ4n) is 1.90. The van der Waals surface area contributed by atoms with E-state index in [0.29, 0.717) is 0 Å². The van der Waals surface area contributed by atoms with Crippen molar-refractivity contribution < 1.29 is 4.74 Å². The summed E-state index contributed by atoms with van der Waals surface area (Å²) in [5.41, 5.74) is 6.67. The normalized spacial score (nSPS) is 12.5. The number of rotatable bonds is 7. The molecule has 106 valence electrons. The molecule has 5 heteroatoms. The number of hydrogen-bond acceptors (Lipinski definition) is 3. The monoisotopic (exact) mass is 327 g/mol. The molecule has 0 aromatic heterocycles. The first-order chi connectivity index (χ1) is 8.97. The second-order valence-electron chi connectivity index (χ2n) is 4.64. The van der Waals surface area contributed by atoms with E-state index in [2.05, 4.69) is 33.8 Å². The Labute approximate surface area is 123 Å². The third-order valence-corrected chi connectivity index (χ3v) is 3.64. The number of ether oxygens (including phenoxy) is 1. The van der Waals surface area contributed by atoms with Crippen LogP contribution < -0.4 is 10.5 Å². The molecular weight excluding hydrogens is 306 g/mol. The summed E-state index contributed by atoms with van der Waals surface area (Å²) in [4.78, 5) is 2.26. The van der Waals surface area contributed by atoms with Crippen molar-refractivity contribution in [1.29, 1.82) is 5.41 Å². The Kier molecular flexibility index (Phi) is 6.31. The summed E-state index contributed by atoms with van der Waals surface area (Å²) in [5.74, 6) is 1.19. The van der Waals surface area contributed by atoms with E-state index in [-0.39, 0.29) is 11.8 Å². The van der Waals surface area contributed by atoms with Crippen molar-refractivity contribution in [2.75, 3.05) is 20.2 Å². The molecule has 4 nitrogen and oxygen atoms in total. The molecule has 0 heterocycles. The minimum Gasteiger partial charge on any atom is -0.496 e. The van der Waals surface area contributed by atoms with E-state index in [1.165, 1.54) is 0 Å². The number of amidine groups is 1. The van der Waals surface area contributed by atoms with Crippen LogP contribution in [0, 0.1) is 11.3 Å². The van der Waals surface area contributed by atoms with Gasteiger partial charge in [0, 0.05) is 29.0 Å². The molecule has 1 atom stereocenters. The first-order valence-electron chi connectivity index (χ1n) is 6.36. The van der Waals surface area contributed by atoms with Gasteiger partial charge in [-0.25, -0.2) is 0 Å². The van der Waals surface area contributed by atoms with Crippen molar-refractivity contribution in [3.05, 3.63) is 28.2 Å². The summed E-state index contributed by atoms with van der Waals surface area (Å²) in [6.07, 6.45) is 0. The minimum atomic E-state index is 0.0677. The van der Waals surface area contributed by atoms with E-state index in [9.17, 15) is 0 Å². The molecule has 0 fully saturated rings. The maximum atomic E-state index is 7.48. The van der Waals surface area contributed by atoms with Crippen molar-refractivity contribution in [1.82, 2.24) is 4.90 Å². The zero-order valence-electron chi connectivity index (χ0n) is 11.7. The lowest BCUT2D eigenvalue weighted by molar-refractivity contribution is 0.258. The highest BCUT2D eigenvalue weighted by molar-refractivity contribution is 9.10. The lowest BCUT2D eigenvalue weighted by Gasteiger charge is -2.24. The molecule has 3 N–H and O–H groups in total. The van der Waals surface area contributed by atoms with Crippen LogP contribution in [0.3, 0.4) is 0 Å². The first kappa shape index (κ1) is 16.0. The number of nitrogens with one attached hydrogen (secondary N) is 1. The molecule has 1 aromatic rings. The summed E-state index contributed by atoms with van der Waals surface area (Å²) < 4.78 is 6.42. The van der Waals surface area contributed by atoms with Gasteiger partial charge in [-0.15, -0.1) is 0 Å². The van der Waals surface area contributed by atoms with Crippen LogP contribution in [-0.2, 0) is 6.54 Å². The van der Waals surface area contributed by atoms with Gasteiger partial charge in [0.15, 0.2) is 0 Å². The molecule has 1 unspecified atom stereocenters. The number of nitrogens with zero attached hydrogens (tertiary/aromatic N) is 1. The topological polar surface area (TPSA) is 62.3 Å². The van der Waals surface area contributed by atoms with Crippen molar-refractivity contribution in [3.8, 4) is 5.75 Å². The van der Waals surface area contributed by atoms with E-state index in [1.54, 1.807) is 7.11 Å². The molecule has 0 spiro atoms. The van der Waals surface area contributed by atoms with Crippen molar-refractivity contribution in [2.24, 2.45) is 11.7 Å². The highest BCUT2D eigenvalue weighted by Gasteiger charge is 2.13. The average Bonchev–Trinajstić information content (AvgIpc) is 2.37. The van der Waals surface area contributed by atoms with Gasteiger partial charge in [0.1, 0.15) is 5.75 Å². The van der Waals surface area contributed by atoms with Gasteiger partial charge in [-0.2, -0.15) is 0 Å². The van der Waals surface area contributed by atoms with Gasteiger partial charge in [-0.1, -0.05) is 29.8 Å². The molecule has 1 aromatic carbocycles. The largest absolute Gasteiger partial charge is 0.496 e. The van der Waals surface area contributed by atoms with Crippen LogP contribution in [0.4, 0.5) is 0 Å². The van der Waals surface area contributed by atoms with E-state index in [0.717, 1.165) is 35.4 Å². The van der Waals surface area contributed by atoms with Crippen LogP contribution >= 0.6 is 15.9 Å². The van der Waals surface area contributed by atoms with Gasteiger partial charge in [0.2, 0.25) is 0 Å². The third-order valence-electron chi connectivity index (χ3n) is 3.15. The summed E-state index contributed by atoms with van der Waals surface area (Å²) in [6, 6.07) is 6.00. The summed E-state index contributed by atoms with van der Waals surface area (Å²) in [6.45, 7) is 6.56. The Balaban J connectivity index is 2.80. The van der Waals surface area contributed by atoms with E-state index in [4.69, 9.17) is 15.9 Å². The second-order valence-corrected chi connectivity index (χ2v) is 5.56. The Morgan fingerprint density at radius 1 is 1.53 bits per heavy atom. The predicted molar refractivity (Wildman–Crippen MR) is 82.7 cm³/mol. The second kappa shape index (κ2) is 7.50. The first-order valence-corrected chi connectivity index (χ1v) is 7.15. The van der Waals surface area contributed by atoms with Crippen LogP contribution in [0.1, 0.15) is 19.4 Å². The van der Waals surface area contributed by atoms with Gasteiger partial charge < -0.3 is 10.5 Å². The van der Waals surface area contributed by atoms with E-state index < -0.39 is 0 Å². The molecule has 19 heavy (non-hydrogen) atoms. The minimum absolute atomic E-state index is 0.0677. The SMILES string of the molecule is CCN(Cc1cc(Br)ccc1OC)CC(C)C(=N)N. The van der Waals surface area contributed by atoms with Gasteiger partial charge in [0.25, 0.3) is 0 Å². The molecule has 0 aliphatic carbocycles. The van der Waals surface area contributed by atoms with E-state index >= 15 is 0 Å². The Hall–Kier alpha value is -1.07. The van der Waals surface area contributed by atoms with Crippen LogP contribution in [0.5, 0.6) is 5.75 Å². The number of halogens is 1. The quantitative estimate of drug-likeness (QED) is 0.598. The van der Waals surface area contributed by atoms with Crippen molar-refractivity contribution >= 4 is 21.8 Å². The summed E-state index contributed by atoms with van der Waals surface area (Å²) >= 11 is 3.48. The third kappa shape index (κ3) is 4.84. The van der Waals surface area contributed by atoms with Crippen molar-refractivity contribution in [3.63, 3.8) is 0 Å². The van der Waals surface area contributed by atoms with Gasteiger partial charge in [-0.3, -0.25) is 10.3 Å². The molecule has 0 aliphatic heterocycles. The lowest BCUT2D eigenvalue weighted by Crippen LogP contribution is -2.34. The Morgan fingerprint density at radius 3 is 2.74 bits per heavy atom. The number of nitrogens with two attached hydrogens (primary N) is 1. The summed E-state index contributed by atoms with van der Waals surface area (Å²) in [7, 11) is 1.68. The molecular formula is C14H22BrN3O. The number of methoxy groups -OCH3 is 1. The van der Waals surface area contributed by atoms with Crippen LogP contribution in [0.2, 0.25) is 0 Å². The van der Waals surface area contributed by atoms with Crippen LogP contribution in [0.25, 0.3) is 0 Å². The number of benzene rings is 1. The predicted octanol–water partition coefficient (Wildman–Crippen LogP) is 2.85. The molecule has 0 amide bonds. The standard InChI is InChI=1S/C14H22BrN3O/c1-4-18(8-10(2)14(16)17)9-11-7-12(15)5-6-13(11)19-3/h5-7,10H,4,8-9H2,1-3H3,(H3,16,17). The highest BCUT2D eigenvalue weighted by Crippen LogP contribution is 2.24. The van der Waals surface area contributed by atoms with Crippen molar-refractivity contribution in [2.45, 2.75) is 20.4 Å². The molecule has 1 rings (SSSR count). The van der Waals surface area contributed by atoms with Crippen LogP contribution in [0.15, 0.2) is 22.7 Å². The molecule has 0 saturated carbocycles. The van der Waals surface area contributed by atoms with Gasteiger partial charge >= 0.3 is 0 Å². The van der Waals surface area contributed by atoms with Gasteiger partial charge in [-0.05, 0) is 24.7 Å². The highest BCUT2D eigenvalue weighted by atomic mass is 79.9. The molecule has 0 aliphatic rings. The maximum absolute atomic E-state index is 7.48. The Bertz CT molecular complexity index is 437. The smallest absolute Gasteiger partial charge is 0.123 e. The fourth-order valence-corrected chi connectivity index (χ4v) is 2.31. The zero-order valence-corrected chi connectivity index (χ0v) is 13.3. The maximum Gasteiger partial charge on any atom is 0.123 e. The Morgan fingerprint density at radius 2 is 2.21 bits per heavy atom.